The molecular weight excluding hydrogens is 228 g/mol. The fourth-order valence-corrected chi connectivity index (χ4v) is 1.88. The molecule has 0 amide bonds. The maximum Gasteiger partial charge on any atom is 0.0575 e. The number of nitrogens with two attached hydrogens (primary N) is 1. The number of benzene rings is 1. The van der Waals surface area contributed by atoms with Crippen LogP contribution in [0.1, 0.15) is 0 Å². The van der Waals surface area contributed by atoms with Crippen molar-refractivity contribution in [2.75, 3.05) is 29.1 Å². The maximum atomic E-state index is 5.80. The van der Waals surface area contributed by atoms with E-state index in [-0.39, 0.29) is 0 Å². The van der Waals surface area contributed by atoms with E-state index in [0.717, 1.165) is 23.7 Å². The second kappa shape index (κ2) is 6.64. The van der Waals surface area contributed by atoms with Gasteiger partial charge >= 0.3 is 0 Å². The van der Waals surface area contributed by atoms with E-state index in [1.54, 1.807) is 6.07 Å². The van der Waals surface area contributed by atoms with Crippen molar-refractivity contribution in [3.8, 4) is 0 Å². The Hall–Kier alpha value is -0.800. The molecule has 0 aliphatic rings. The zero-order chi connectivity index (χ0) is 11.1. The summed E-state index contributed by atoms with van der Waals surface area (Å²) >= 11 is 7.63. The highest BCUT2D eigenvalue weighted by molar-refractivity contribution is 7.99. The van der Waals surface area contributed by atoms with Gasteiger partial charge in [0, 0.05) is 23.1 Å². The number of halogens is 1. The second-order valence-electron chi connectivity index (χ2n) is 3.02. The van der Waals surface area contributed by atoms with E-state index in [9.17, 15) is 0 Å². The van der Waals surface area contributed by atoms with E-state index in [4.69, 9.17) is 17.3 Å². The highest BCUT2D eigenvalue weighted by Gasteiger charge is 1.98. The third kappa shape index (κ3) is 4.49. The van der Waals surface area contributed by atoms with Crippen LogP contribution in [0.15, 0.2) is 30.9 Å². The van der Waals surface area contributed by atoms with Crippen LogP contribution in [0.5, 0.6) is 0 Å². The summed E-state index contributed by atoms with van der Waals surface area (Å²) in [4.78, 5) is 0. The molecule has 2 nitrogen and oxygen atoms in total. The summed E-state index contributed by atoms with van der Waals surface area (Å²) in [5.41, 5.74) is 7.43. The van der Waals surface area contributed by atoms with Gasteiger partial charge in [0.05, 0.1) is 11.4 Å². The van der Waals surface area contributed by atoms with Crippen molar-refractivity contribution in [1.29, 1.82) is 0 Å². The van der Waals surface area contributed by atoms with E-state index in [2.05, 4.69) is 11.9 Å². The quantitative estimate of drug-likeness (QED) is 0.457. The number of anilines is 2. The van der Waals surface area contributed by atoms with Crippen molar-refractivity contribution in [2.24, 2.45) is 0 Å². The molecular formula is C11H15ClN2S. The monoisotopic (exact) mass is 242 g/mol. The van der Waals surface area contributed by atoms with Crippen LogP contribution in [-0.2, 0) is 0 Å². The smallest absolute Gasteiger partial charge is 0.0575 e. The first-order valence-electron chi connectivity index (χ1n) is 4.71. The molecule has 0 unspecified atom stereocenters. The number of thioether (sulfide) groups is 1. The molecule has 0 fully saturated rings. The zero-order valence-electron chi connectivity index (χ0n) is 8.50. The van der Waals surface area contributed by atoms with Gasteiger partial charge < -0.3 is 11.1 Å². The predicted octanol–water partition coefficient (Wildman–Crippen LogP) is 3.25. The van der Waals surface area contributed by atoms with Crippen LogP contribution in [0.25, 0.3) is 0 Å². The SMILES string of the molecule is C=CCSCCNc1ccc(Cl)cc1N. The topological polar surface area (TPSA) is 38.0 Å². The van der Waals surface area contributed by atoms with Gasteiger partial charge in [0.25, 0.3) is 0 Å². The summed E-state index contributed by atoms with van der Waals surface area (Å²) in [5, 5.41) is 3.93. The Bertz CT molecular complexity index is 328. The lowest BCUT2D eigenvalue weighted by molar-refractivity contribution is 1.23. The Balaban J connectivity index is 2.34. The first kappa shape index (κ1) is 12.3. The highest BCUT2D eigenvalue weighted by atomic mass is 35.5. The van der Waals surface area contributed by atoms with Crippen LogP contribution in [0.3, 0.4) is 0 Å². The standard InChI is InChI=1S/C11H15ClN2S/c1-2-6-15-7-5-14-11-4-3-9(12)8-10(11)13/h2-4,8,14H,1,5-7,13H2. The van der Waals surface area contributed by atoms with Gasteiger partial charge in [-0.2, -0.15) is 11.8 Å². The first-order chi connectivity index (χ1) is 7.24. The minimum absolute atomic E-state index is 0.666. The molecule has 0 heterocycles. The van der Waals surface area contributed by atoms with Crippen LogP contribution in [0.4, 0.5) is 11.4 Å². The molecule has 4 heteroatoms. The molecule has 0 atom stereocenters. The summed E-state index contributed by atoms with van der Waals surface area (Å²) < 4.78 is 0. The van der Waals surface area contributed by atoms with E-state index < -0.39 is 0 Å². The van der Waals surface area contributed by atoms with E-state index >= 15 is 0 Å². The van der Waals surface area contributed by atoms with Crippen LogP contribution >= 0.6 is 23.4 Å². The fourth-order valence-electron chi connectivity index (χ4n) is 1.12. The van der Waals surface area contributed by atoms with Gasteiger partial charge in [0.15, 0.2) is 0 Å². The first-order valence-corrected chi connectivity index (χ1v) is 6.25. The molecule has 0 aliphatic carbocycles. The van der Waals surface area contributed by atoms with Crippen molar-refractivity contribution in [3.05, 3.63) is 35.9 Å². The van der Waals surface area contributed by atoms with Gasteiger partial charge in [-0.05, 0) is 18.2 Å². The minimum atomic E-state index is 0.666. The lowest BCUT2D eigenvalue weighted by atomic mass is 10.3. The van der Waals surface area contributed by atoms with Gasteiger partial charge in [0.2, 0.25) is 0 Å². The molecule has 0 spiro atoms. The molecule has 1 aromatic rings. The van der Waals surface area contributed by atoms with Gasteiger partial charge in [-0.1, -0.05) is 17.7 Å². The molecule has 15 heavy (non-hydrogen) atoms. The molecule has 0 radical (unpaired) electrons. The zero-order valence-corrected chi connectivity index (χ0v) is 10.1. The highest BCUT2D eigenvalue weighted by Crippen LogP contribution is 2.22. The third-order valence-corrected chi connectivity index (χ3v) is 3.01. The molecule has 1 aromatic carbocycles. The maximum absolute atomic E-state index is 5.80. The largest absolute Gasteiger partial charge is 0.397 e. The third-order valence-electron chi connectivity index (χ3n) is 1.81. The second-order valence-corrected chi connectivity index (χ2v) is 4.61. The van der Waals surface area contributed by atoms with Crippen LogP contribution in [0, 0.1) is 0 Å². The van der Waals surface area contributed by atoms with Crippen molar-refractivity contribution in [3.63, 3.8) is 0 Å². The van der Waals surface area contributed by atoms with Crippen LogP contribution in [-0.4, -0.2) is 18.1 Å². The van der Waals surface area contributed by atoms with Gasteiger partial charge in [-0.25, -0.2) is 0 Å². The van der Waals surface area contributed by atoms with E-state index in [1.807, 2.05) is 30.0 Å². The molecule has 1 rings (SSSR count). The number of nitrogen functional groups attached to an aromatic ring is 1. The lowest BCUT2D eigenvalue weighted by Gasteiger charge is -2.08. The predicted molar refractivity (Wildman–Crippen MR) is 71.9 cm³/mol. The molecule has 0 aliphatic heterocycles. The summed E-state index contributed by atoms with van der Waals surface area (Å²) in [7, 11) is 0. The van der Waals surface area contributed by atoms with Gasteiger partial charge in [-0.3, -0.25) is 0 Å². The number of nitrogens with one attached hydrogen (secondary N) is 1. The molecule has 0 saturated carbocycles. The average molecular weight is 243 g/mol. The summed E-state index contributed by atoms with van der Waals surface area (Å²) in [5.74, 6) is 2.02. The number of rotatable bonds is 6. The molecule has 0 saturated heterocycles. The van der Waals surface area contributed by atoms with Crippen molar-refractivity contribution in [2.45, 2.75) is 0 Å². The lowest BCUT2D eigenvalue weighted by Crippen LogP contribution is -2.06. The summed E-state index contributed by atoms with van der Waals surface area (Å²) in [6.45, 7) is 4.56. The summed E-state index contributed by atoms with van der Waals surface area (Å²) in [6, 6.07) is 5.48. The molecule has 82 valence electrons. The Morgan fingerprint density at radius 3 is 3.00 bits per heavy atom. The fraction of sp³-hybridized carbons (Fsp3) is 0.273. The molecule has 3 N–H and O–H groups in total. The number of hydrogen-bond donors (Lipinski definition) is 2. The van der Waals surface area contributed by atoms with Crippen molar-refractivity contribution < 1.29 is 0 Å². The van der Waals surface area contributed by atoms with E-state index in [0.29, 0.717) is 10.7 Å². The van der Waals surface area contributed by atoms with Gasteiger partial charge in [0.1, 0.15) is 0 Å². The Kier molecular flexibility index (Phi) is 5.43. The van der Waals surface area contributed by atoms with Crippen LogP contribution in [0.2, 0.25) is 5.02 Å². The summed E-state index contributed by atoms with van der Waals surface area (Å²) in [6.07, 6.45) is 1.90. The van der Waals surface area contributed by atoms with Gasteiger partial charge in [-0.15, -0.1) is 6.58 Å². The molecule has 0 bridgehead atoms. The Morgan fingerprint density at radius 1 is 1.53 bits per heavy atom. The van der Waals surface area contributed by atoms with Crippen molar-refractivity contribution in [1.82, 2.24) is 0 Å². The molecule has 0 aromatic heterocycles. The normalized spacial score (nSPS) is 9.93. The Morgan fingerprint density at radius 2 is 2.33 bits per heavy atom. The Labute approximate surface area is 99.9 Å². The van der Waals surface area contributed by atoms with Crippen LogP contribution < -0.4 is 11.1 Å². The number of hydrogen-bond acceptors (Lipinski definition) is 3. The van der Waals surface area contributed by atoms with Crippen molar-refractivity contribution >= 4 is 34.7 Å². The minimum Gasteiger partial charge on any atom is -0.397 e. The van der Waals surface area contributed by atoms with E-state index in [1.165, 1.54) is 0 Å². The average Bonchev–Trinajstić information content (AvgIpc) is 2.20.